The molecule has 1 unspecified atom stereocenters. The van der Waals surface area contributed by atoms with Crippen LogP contribution in [0.4, 0.5) is 15.3 Å². The van der Waals surface area contributed by atoms with Gasteiger partial charge in [-0.3, -0.25) is 9.59 Å². The van der Waals surface area contributed by atoms with E-state index in [-0.39, 0.29) is 30.2 Å². The van der Waals surface area contributed by atoms with Crippen molar-refractivity contribution < 1.29 is 38.6 Å². The molecule has 0 saturated heterocycles. The molecule has 0 fully saturated rings. The van der Waals surface area contributed by atoms with Crippen molar-refractivity contribution in [1.82, 2.24) is 5.32 Å². The van der Waals surface area contributed by atoms with Gasteiger partial charge >= 0.3 is 18.2 Å². The van der Waals surface area contributed by atoms with Crippen LogP contribution in [0.2, 0.25) is 0 Å². The molecule has 0 aromatic heterocycles. The van der Waals surface area contributed by atoms with Crippen LogP contribution >= 0.6 is 0 Å². The Balaban J connectivity index is 1.45. The maximum Gasteiger partial charge on any atom is 0.421 e. The molecule has 1 atom stereocenters. The summed E-state index contributed by atoms with van der Waals surface area (Å²) in [6.45, 7) is 4.83. The molecule has 4 rings (SSSR count). The second-order valence-electron chi connectivity index (χ2n) is 10.5. The molecule has 3 aromatic rings. The Morgan fingerprint density at radius 3 is 2.05 bits per heavy atom. The summed E-state index contributed by atoms with van der Waals surface area (Å²) in [7, 11) is 0. The highest BCUT2D eigenvalue weighted by Gasteiger charge is 2.32. The molecule has 10 heteroatoms. The van der Waals surface area contributed by atoms with Gasteiger partial charge in [-0.25, -0.2) is 19.3 Å². The number of anilines is 1. The maximum absolute atomic E-state index is 13.2. The Labute approximate surface area is 236 Å². The van der Waals surface area contributed by atoms with E-state index in [9.17, 15) is 29.1 Å². The van der Waals surface area contributed by atoms with Crippen molar-refractivity contribution in [2.75, 3.05) is 11.5 Å². The summed E-state index contributed by atoms with van der Waals surface area (Å²) in [5, 5.41) is 12.0. The molecule has 0 saturated carbocycles. The number of para-hydroxylation sites is 1. The first kappa shape index (κ1) is 29.0. The molecule has 3 aromatic carbocycles. The lowest BCUT2D eigenvalue weighted by Crippen LogP contribution is -2.43. The molecule has 0 heterocycles. The number of nitrogens with zero attached hydrogens (tertiary/aromatic N) is 1. The predicted octanol–water partition coefficient (Wildman–Crippen LogP) is 5.15. The van der Waals surface area contributed by atoms with E-state index in [1.54, 1.807) is 20.8 Å². The molecule has 212 valence electrons. The Bertz CT molecular complexity index is 1450. The van der Waals surface area contributed by atoms with Gasteiger partial charge in [-0.1, -0.05) is 60.7 Å². The number of aliphatic carboxylic acids is 1. The molecule has 2 N–H and O–H groups in total. The van der Waals surface area contributed by atoms with Crippen LogP contribution in [-0.4, -0.2) is 53.7 Å². The van der Waals surface area contributed by atoms with Crippen LogP contribution in [0.15, 0.2) is 72.8 Å². The van der Waals surface area contributed by atoms with E-state index in [1.165, 1.54) is 24.3 Å². The normalized spacial score (nSPS) is 12.9. The molecule has 0 radical (unpaired) electrons. The van der Waals surface area contributed by atoms with Gasteiger partial charge in [0.15, 0.2) is 5.78 Å². The second kappa shape index (κ2) is 12.0. The van der Waals surface area contributed by atoms with Crippen molar-refractivity contribution in [2.45, 2.75) is 44.8 Å². The molecule has 0 bridgehead atoms. The average Bonchev–Trinajstić information content (AvgIpc) is 3.24. The quantitative estimate of drug-likeness (QED) is 0.272. The number of hydrogen-bond acceptors (Lipinski definition) is 7. The number of rotatable bonds is 9. The van der Waals surface area contributed by atoms with E-state index in [1.807, 2.05) is 48.5 Å². The predicted molar refractivity (Wildman–Crippen MR) is 150 cm³/mol. The fraction of sp³-hybridized carbons (Fsp3) is 0.258. The number of hydrogen-bond donors (Lipinski definition) is 2. The SMILES string of the molecule is CC(C)(C)OC(=O)N(C=O)c1ccccc1C(=O)CC(NC(=O)OCC1c2ccccc2-c2ccccc21)C(=O)O. The van der Waals surface area contributed by atoms with Crippen LogP contribution in [0.5, 0.6) is 0 Å². The van der Waals surface area contributed by atoms with Crippen molar-refractivity contribution in [3.05, 3.63) is 89.5 Å². The lowest BCUT2D eigenvalue weighted by Gasteiger charge is -2.25. The first-order chi connectivity index (χ1) is 19.5. The van der Waals surface area contributed by atoms with Gasteiger partial charge in [0.05, 0.1) is 5.69 Å². The van der Waals surface area contributed by atoms with Gasteiger partial charge in [0, 0.05) is 17.9 Å². The number of ketones is 1. The Morgan fingerprint density at radius 1 is 0.927 bits per heavy atom. The van der Waals surface area contributed by atoms with Crippen LogP contribution < -0.4 is 10.2 Å². The average molecular weight is 559 g/mol. The number of carbonyl (C=O) groups excluding carboxylic acids is 4. The number of carbonyl (C=O) groups is 5. The maximum atomic E-state index is 13.2. The summed E-state index contributed by atoms with van der Waals surface area (Å²) in [4.78, 5) is 62.8. The Hall–Kier alpha value is -4.99. The van der Waals surface area contributed by atoms with Crippen LogP contribution in [0.3, 0.4) is 0 Å². The molecular weight excluding hydrogens is 528 g/mol. The van der Waals surface area contributed by atoms with Crippen molar-refractivity contribution in [2.24, 2.45) is 0 Å². The van der Waals surface area contributed by atoms with Gasteiger partial charge < -0.3 is 19.9 Å². The van der Waals surface area contributed by atoms with Crippen molar-refractivity contribution in [3.8, 4) is 11.1 Å². The summed E-state index contributed by atoms with van der Waals surface area (Å²) >= 11 is 0. The van der Waals surface area contributed by atoms with Crippen molar-refractivity contribution in [1.29, 1.82) is 0 Å². The summed E-state index contributed by atoms with van der Waals surface area (Å²) < 4.78 is 10.7. The minimum absolute atomic E-state index is 0.0346. The van der Waals surface area contributed by atoms with Gasteiger partial charge in [-0.15, -0.1) is 0 Å². The smallest absolute Gasteiger partial charge is 0.421 e. The zero-order chi connectivity index (χ0) is 29.7. The van der Waals surface area contributed by atoms with Crippen LogP contribution in [0.1, 0.15) is 54.6 Å². The Kier molecular flexibility index (Phi) is 8.51. The van der Waals surface area contributed by atoms with Gasteiger partial charge in [-0.2, -0.15) is 0 Å². The van der Waals surface area contributed by atoms with E-state index in [0.717, 1.165) is 22.3 Å². The molecule has 1 aliphatic rings. The van der Waals surface area contributed by atoms with E-state index < -0.39 is 42.0 Å². The highest BCUT2D eigenvalue weighted by Crippen LogP contribution is 2.44. The van der Waals surface area contributed by atoms with Crippen LogP contribution in [-0.2, 0) is 19.1 Å². The first-order valence-electron chi connectivity index (χ1n) is 12.9. The zero-order valence-corrected chi connectivity index (χ0v) is 22.8. The summed E-state index contributed by atoms with van der Waals surface area (Å²) in [6.07, 6.45) is -2.44. The van der Waals surface area contributed by atoms with Crippen LogP contribution in [0.25, 0.3) is 11.1 Å². The molecular formula is C31H30N2O8. The number of carboxylic acids is 1. The van der Waals surface area contributed by atoms with E-state index in [0.29, 0.717) is 4.90 Å². The highest BCUT2D eigenvalue weighted by atomic mass is 16.6. The fourth-order valence-corrected chi connectivity index (χ4v) is 4.71. The first-order valence-corrected chi connectivity index (χ1v) is 12.9. The number of nitrogens with one attached hydrogen (secondary N) is 1. The fourth-order valence-electron chi connectivity index (χ4n) is 4.71. The van der Waals surface area contributed by atoms with Gasteiger partial charge in [0.2, 0.25) is 6.41 Å². The minimum atomic E-state index is -1.63. The number of benzene rings is 3. The van der Waals surface area contributed by atoms with Gasteiger partial charge in [-0.05, 0) is 55.2 Å². The third-order valence-corrected chi connectivity index (χ3v) is 6.48. The van der Waals surface area contributed by atoms with E-state index in [2.05, 4.69) is 5.32 Å². The minimum Gasteiger partial charge on any atom is -0.480 e. The van der Waals surface area contributed by atoms with Crippen molar-refractivity contribution in [3.63, 3.8) is 0 Å². The zero-order valence-electron chi connectivity index (χ0n) is 22.8. The largest absolute Gasteiger partial charge is 0.480 e. The molecule has 10 nitrogen and oxygen atoms in total. The number of imide groups is 1. The number of ether oxygens (including phenoxy) is 2. The van der Waals surface area contributed by atoms with Crippen molar-refractivity contribution >= 4 is 36.0 Å². The second-order valence-corrected chi connectivity index (χ2v) is 10.5. The molecule has 0 aliphatic heterocycles. The number of fused-ring (bicyclic) bond motifs is 3. The lowest BCUT2D eigenvalue weighted by atomic mass is 9.98. The summed E-state index contributed by atoms with van der Waals surface area (Å²) in [5.74, 6) is -2.40. The molecule has 0 spiro atoms. The number of carboxylic acid groups (broad SMARTS) is 1. The monoisotopic (exact) mass is 558 g/mol. The highest BCUT2D eigenvalue weighted by molar-refractivity contribution is 6.11. The van der Waals surface area contributed by atoms with E-state index in [4.69, 9.17) is 9.47 Å². The number of Topliss-reactive ketones (excluding diaryl/α,β-unsaturated/α-hetero) is 1. The van der Waals surface area contributed by atoms with Crippen LogP contribution in [0, 0.1) is 0 Å². The lowest BCUT2D eigenvalue weighted by molar-refractivity contribution is -0.139. The van der Waals surface area contributed by atoms with Gasteiger partial charge in [0.25, 0.3) is 0 Å². The standard InChI is InChI=1S/C31H30N2O8/c1-31(2,3)41-30(39)33(18-34)26-15-9-8-14-23(26)27(35)16-25(28(36)37)32-29(38)40-17-24-21-12-6-4-10-19(21)20-11-5-7-13-22(20)24/h4-15,18,24-25H,16-17H2,1-3H3,(H,32,38)(H,36,37). The summed E-state index contributed by atoms with van der Waals surface area (Å²) in [5.41, 5.74) is 3.00. The number of amides is 3. The third-order valence-electron chi connectivity index (χ3n) is 6.48. The third kappa shape index (κ3) is 6.60. The van der Waals surface area contributed by atoms with Gasteiger partial charge in [0.1, 0.15) is 18.2 Å². The number of alkyl carbamates (subject to hydrolysis) is 1. The molecule has 1 aliphatic carbocycles. The topological polar surface area (TPSA) is 139 Å². The molecule has 41 heavy (non-hydrogen) atoms. The summed E-state index contributed by atoms with van der Waals surface area (Å²) in [6, 6.07) is 19.7. The Morgan fingerprint density at radius 2 is 1.49 bits per heavy atom. The molecule has 3 amide bonds. The van der Waals surface area contributed by atoms with E-state index >= 15 is 0 Å².